The smallest absolute Gasteiger partial charge is 0.137 e. The molecule has 2 nitrogen and oxygen atoms in total. The third-order valence-corrected chi connectivity index (χ3v) is 4.12. The van der Waals surface area contributed by atoms with E-state index in [1.54, 1.807) is 0 Å². The summed E-state index contributed by atoms with van der Waals surface area (Å²) in [6.07, 6.45) is 4.08. The summed E-state index contributed by atoms with van der Waals surface area (Å²) in [7, 11) is 0. The van der Waals surface area contributed by atoms with Crippen LogP contribution in [0.1, 0.15) is 37.8 Å². The molecule has 1 N–H and O–H groups in total. The highest BCUT2D eigenvalue weighted by atomic mass is 127. The first-order valence-corrected chi connectivity index (χ1v) is 7.03. The minimum atomic E-state index is 0.319. The highest BCUT2D eigenvalue weighted by Gasteiger charge is 2.31. The Morgan fingerprint density at radius 2 is 2.19 bits per heavy atom. The largest absolute Gasteiger partial charge is 0.489 e. The van der Waals surface area contributed by atoms with Crippen LogP contribution in [0.3, 0.4) is 0 Å². The van der Waals surface area contributed by atoms with Crippen molar-refractivity contribution in [3.63, 3.8) is 0 Å². The van der Waals surface area contributed by atoms with Gasteiger partial charge in [-0.2, -0.15) is 0 Å². The summed E-state index contributed by atoms with van der Waals surface area (Å²) >= 11 is 2.36. The molecule has 2 aliphatic rings. The Morgan fingerprint density at radius 1 is 1.38 bits per heavy atom. The second kappa shape index (κ2) is 4.18. The first-order chi connectivity index (χ1) is 7.74. The predicted molar refractivity (Wildman–Crippen MR) is 72.8 cm³/mol. The molecule has 1 aromatic rings. The van der Waals surface area contributed by atoms with Gasteiger partial charge in [0.05, 0.1) is 9.67 Å². The van der Waals surface area contributed by atoms with Crippen LogP contribution in [0.15, 0.2) is 18.2 Å². The number of hydrogen-bond acceptors (Lipinski definition) is 2. The van der Waals surface area contributed by atoms with Crippen LogP contribution < -0.4 is 10.1 Å². The lowest BCUT2D eigenvalue weighted by Crippen LogP contribution is -2.32. The van der Waals surface area contributed by atoms with Gasteiger partial charge in [-0.3, -0.25) is 0 Å². The quantitative estimate of drug-likeness (QED) is 0.841. The van der Waals surface area contributed by atoms with E-state index in [4.69, 9.17) is 4.74 Å². The van der Waals surface area contributed by atoms with Gasteiger partial charge in [0.2, 0.25) is 0 Å². The molecule has 1 heterocycles. The summed E-state index contributed by atoms with van der Waals surface area (Å²) in [4.78, 5) is 0. The molecule has 1 aliphatic heterocycles. The van der Waals surface area contributed by atoms with Gasteiger partial charge in [0.1, 0.15) is 5.75 Å². The van der Waals surface area contributed by atoms with Gasteiger partial charge in [-0.1, -0.05) is 12.1 Å². The molecule has 3 rings (SSSR count). The Morgan fingerprint density at radius 3 is 2.94 bits per heavy atom. The zero-order chi connectivity index (χ0) is 11.1. The molecule has 16 heavy (non-hydrogen) atoms. The highest BCUT2D eigenvalue weighted by molar-refractivity contribution is 14.1. The number of rotatable bonds is 2. The van der Waals surface area contributed by atoms with Gasteiger partial charge in [-0.05, 0) is 48.4 Å². The number of nitrogens with one attached hydrogen (secondary N) is 1. The molecule has 1 aliphatic carbocycles. The van der Waals surface area contributed by atoms with Crippen molar-refractivity contribution in [1.82, 2.24) is 5.32 Å². The van der Waals surface area contributed by atoms with Crippen molar-refractivity contribution in [1.29, 1.82) is 0 Å². The number of hydrogen-bond donors (Lipinski definition) is 1. The van der Waals surface area contributed by atoms with E-state index in [1.165, 1.54) is 22.0 Å². The molecule has 0 aromatic heterocycles. The maximum Gasteiger partial charge on any atom is 0.137 e. The zero-order valence-electron chi connectivity index (χ0n) is 9.37. The molecule has 1 saturated carbocycles. The maximum absolute atomic E-state index is 5.95. The lowest BCUT2D eigenvalue weighted by atomic mass is 9.97. The number of ether oxygens (including phenoxy) is 1. The Kier molecular flexibility index (Phi) is 2.83. The second-order valence-electron chi connectivity index (χ2n) is 4.82. The molecule has 2 unspecified atom stereocenters. The van der Waals surface area contributed by atoms with Crippen LogP contribution >= 0.6 is 22.6 Å². The number of para-hydroxylation sites is 1. The molecule has 2 atom stereocenters. The van der Waals surface area contributed by atoms with Gasteiger partial charge in [0.15, 0.2) is 0 Å². The first-order valence-electron chi connectivity index (χ1n) is 5.95. The summed E-state index contributed by atoms with van der Waals surface area (Å²) in [5.41, 5.74) is 1.34. The Labute approximate surface area is 110 Å². The fourth-order valence-corrected chi connectivity index (χ4v) is 2.97. The average molecular weight is 329 g/mol. The van der Waals surface area contributed by atoms with Crippen LogP contribution in [-0.4, -0.2) is 12.1 Å². The predicted octanol–water partition coefficient (Wildman–Crippen LogP) is 3.26. The van der Waals surface area contributed by atoms with Gasteiger partial charge in [0, 0.05) is 24.1 Å². The highest BCUT2D eigenvalue weighted by Crippen LogP contribution is 2.39. The van der Waals surface area contributed by atoms with Crippen molar-refractivity contribution in [2.45, 2.75) is 44.4 Å². The third kappa shape index (κ3) is 2.07. The van der Waals surface area contributed by atoms with Crippen LogP contribution in [0, 0.1) is 3.57 Å². The zero-order valence-corrected chi connectivity index (χ0v) is 11.5. The molecule has 0 bridgehead atoms. The Hall–Kier alpha value is -0.290. The first kappa shape index (κ1) is 10.8. The van der Waals surface area contributed by atoms with Gasteiger partial charge >= 0.3 is 0 Å². The van der Waals surface area contributed by atoms with Crippen molar-refractivity contribution in [2.24, 2.45) is 0 Å². The summed E-state index contributed by atoms with van der Waals surface area (Å²) in [6.45, 7) is 2.16. The van der Waals surface area contributed by atoms with Gasteiger partial charge in [0.25, 0.3) is 0 Å². The minimum Gasteiger partial charge on any atom is -0.489 e. The third-order valence-electron chi connectivity index (χ3n) is 3.27. The van der Waals surface area contributed by atoms with Crippen molar-refractivity contribution in [2.75, 3.05) is 0 Å². The number of benzene rings is 1. The van der Waals surface area contributed by atoms with Crippen molar-refractivity contribution < 1.29 is 4.74 Å². The normalized spacial score (nSPS) is 28.4. The molecule has 0 saturated heterocycles. The van der Waals surface area contributed by atoms with E-state index in [2.05, 4.69) is 53.0 Å². The molecule has 86 valence electrons. The molecule has 3 heteroatoms. The van der Waals surface area contributed by atoms with Crippen LogP contribution in [0.25, 0.3) is 0 Å². The van der Waals surface area contributed by atoms with E-state index >= 15 is 0 Å². The van der Waals surface area contributed by atoms with Crippen molar-refractivity contribution in [3.8, 4) is 5.75 Å². The summed E-state index contributed by atoms with van der Waals surface area (Å²) in [5, 5.41) is 3.72. The van der Waals surface area contributed by atoms with E-state index in [-0.39, 0.29) is 0 Å². The number of fused-ring (bicyclic) bond motifs is 1. The Bertz CT molecular complexity index is 403. The summed E-state index contributed by atoms with van der Waals surface area (Å²) in [6, 6.07) is 7.68. The minimum absolute atomic E-state index is 0.319. The van der Waals surface area contributed by atoms with E-state index in [1.807, 2.05) is 0 Å². The average Bonchev–Trinajstić information content (AvgIpc) is 3.03. The summed E-state index contributed by atoms with van der Waals surface area (Å²) < 4.78 is 7.17. The standard InChI is InChI=1S/C13H16INO/c1-8-7-12(15-9-5-6-9)10-3-2-4-11(14)13(10)16-8/h2-4,8-9,12,15H,5-7H2,1H3. The lowest BCUT2D eigenvalue weighted by molar-refractivity contribution is 0.164. The Balaban J connectivity index is 1.93. The fraction of sp³-hybridized carbons (Fsp3) is 0.538. The van der Waals surface area contributed by atoms with Crippen LogP contribution in [0.5, 0.6) is 5.75 Å². The molecule has 0 radical (unpaired) electrons. The molecule has 0 amide bonds. The molecule has 1 aromatic carbocycles. The summed E-state index contributed by atoms with van der Waals surface area (Å²) in [5.74, 6) is 1.10. The second-order valence-corrected chi connectivity index (χ2v) is 5.98. The van der Waals surface area contributed by atoms with Crippen LogP contribution in [0.4, 0.5) is 0 Å². The SMILES string of the molecule is CC1CC(NC2CC2)c2cccc(I)c2O1. The van der Waals surface area contributed by atoms with Gasteiger partial charge in [-0.15, -0.1) is 0 Å². The maximum atomic E-state index is 5.95. The number of halogens is 1. The molecule has 0 spiro atoms. The van der Waals surface area contributed by atoms with Crippen LogP contribution in [-0.2, 0) is 0 Å². The van der Waals surface area contributed by atoms with Crippen molar-refractivity contribution in [3.05, 3.63) is 27.3 Å². The fourth-order valence-electron chi connectivity index (χ4n) is 2.32. The van der Waals surface area contributed by atoms with E-state index in [9.17, 15) is 0 Å². The van der Waals surface area contributed by atoms with E-state index in [0.717, 1.165) is 18.2 Å². The molecular formula is C13H16INO. The molecular weight excluding hydrogens is 313 g/mol. The molecule has 1 fully saturated rings. The van der Waals surface area contributed by atoms with Crippen LogP contribution in [0.2, 0.25) is 0 Å². The lowest BCUT2D eigenvalue weighted by Gasteiger charge is -2.31. The van der Waals surface area contributed by atoms with Gasteiger partial charge in [-0.25, -0.2) is 0 Å². The van der Waals surface area contributed by atoms with E-state index < -0.39 is 0 Å². The van der Waals surface area contributed by atoms with Crippen molar-refractivity contribution >= 4 is 22.6 Å². The topological polar surface area (TPSA) is 21.3 Å². The monoisotopic (exact) mass is 329 g/mol. The van der Waals surface area contributed by atoms with Gasteiger partial charge < -0.3 is 10.1 Å². The van der Waals surface area contributed by atoms with E-state index in [0.29, 0.717) is 12.1 Å².